The van der Waals surface area contributed by atoms with Gasteiger partial charge in [0.2, 0.25) is 0 Å². The monoisotopic (exact) mass is 406 g/mol. The van der Waals surface area contributed by atoms with Gasteiger partial charge in [0.25, 0.3) is 5.91 Å². The van der Waals surface area contributed by atoms with E-state index in [2.05, 4.69) is 37.9 Å². The summed E-state index contributed by atoms with van der Waals surface area (Å²) in [6, 6.07) is 5.70. The molecule has 164 valence electrons. The lowest BCUT2D eigenvalue weighted by molar-refractivity contribution is 0.00191. The third-order valence-electron chi connectivity index (χ3n) is 5.58. The molecule has 0 aromatic heterocycles. The van der Waals surface area contributed by atoms with Crippen LogP contribution in [0, 0.1) is 11.8 Å². The van der Waals surface area contributed by atoms with Crippen LogP contribution in [-0.2, 0) is 4.74 Å². The molecule has 0 bridgehead atoms. The molecular weight excluding hydrogens is 368 g/mol. The van der Waals surface area contributed by atoms with Crippen LogP contribution in [0.2, 0.25) is 0 Å². The zero-order chi connectivity index (χ0) is 21.2. The van der Waals surface area contributed by atoms with Gasteiger partial charge in [0.15, 0.2) is 11.5 Å². The maximum Gasteiger partial charge on any atom is 0.251 e. The second-order valence-corrected chi connectivity index (χ2v) is 8.07. The molecule has 1 aromatic rings. The van der Waals surface area contributed by atoms with E-state index in [-0.39, 0.29) is 5.91 Å². The largest absolute Gasteiger partial charge is 0.493 e. The summed E-state index contributed by atoms with van der Waals surface area (Å²) in [6.45, 7) is 13.3. The Kier molecular flexibility index (Phi) is 9.74. The van der Waals surface area contributed by atoms with Crippen LogP contribution in [0.25, 0.3) is 0 Å². The minimum Gasteiger partial charge on any atom is -0.493 e. The zero-order valence-corrected chi connectivity index (χ0v) is 18.7. The Labute approximate surface area is 175 Å². The fourth-order valence-electron chi connectivity index (χ4n) is 3.82. The molecule has 1 atom stereocenters. The van der Waals surface area contributed by atoms with Gasteiger partial charge < -0.3 is 19.5 Å². The maximum atomic E-state index is 12.8. The molecule has 0 aliphatic carbocycles. The second kappa shape index (κ2) is 12.0. The van der Waals surface area contributed by atoms with Gasteiger partial charge in [-0.2, -0.15) is 0 Å². The van der Waals surface area contributed by atoms with Crippen LogP contribution in [0.1, 0.15) is 50.9 Å². The molecule has 6 heteroatoms. The number of hydrogen-bond donors (Lipinski definition) is 1. The molecule has 0 spiro atoms. The lowest BCUT2D eigenvalue weighted by Crippen LogP contribution is -2.52. The first-order chi connectivity index (χ1) is 14.0. The number of methoxy groups -OCH3 is 1. The van der Waals surface area contributed by atoms with E-state index >= 15 is 0 Å². The van der Waals surface area contributed by atoms with Crippen LogP contribution in [0.3, 0.4) is 0 Å². The van der Waals surface area contributed by atoms with Gasteiger partial charge in [0.05, 0.1) is 26.9 Å². The predicted molar refractivity (Wildman–Crippen MR) is 116 cm³/mol. The first-order valence-corrected chi connectivity index (χ1v) is 10.9. The summed E-state index contributed by atoms with van der Waals surface area (Å²) in [5, 5.41) is 3.15. The Morgan fingerprint density at radius 2 is 1.86 bits per heavy atom. The highest BCUT2D eigenvalue weighted by Gasteiger charge is 2.27. The number of benzene rings is 1. The summed E-state index contributed by atoms with van der Waals surface area (Å²) in [7, 11) is 1.60. The van der Waals surface area contributed by atoms with Crippen LogP contribution < -0.4 is 14.8 Å². The second-order valence-electron chi connectivity index (χ2n) is 8.07. The summed E-state index contributed by atoms with van der Waals surface area (Å²) < 4.78 is 16.7. The van der Waals surface area contributed by atoms with Crippen LogP contribution in [0.15, 0.2) is 18.2 Å². The van der Waals surface area contributed by atoms with Crippen molar-refractivity contribution in [2.45, 2.75) is 46.6 Å². The molecule has 2 rings (SSSR count). The van der Waals surface area contributed by atoms with Crippen molar-refractivity contribution in [3.05, 3.63) is 23.8 Å². The summed E-state index contributed by atoms with van der Waals surface area (Å²) >= 11 is 0. The number of nitrogens with one attached hydrogen (secondary N) is 1. The van der Waals surface area contributed by atoms with Gasteiger partial charge >= 0.3 is 0 Å². The van der Waals surface area contributed by atoms with Gasteiger partial charge in [0, 0.05) is 31.2 Å². The van der Waals surface area contributed by atoms with Gasteiger partial charge in [-0.05, 0) is 30.0 Å². The van der Waals surface area contributed by atoms with E-state index in [9.17, 15) is 4.79 Å². The summed E-state index contributed by atoms with van der Waals surface area (Å²) in [5.41, 5.74) is 0.587. The standard InChI is InChI=1S/C23H38N2O4/c1-6-18(7-2)20(25-10-12-28-13-11-25)15-24-23(26)19-8-9-21(22(14-19)27-5)29-16-17(3)4/h8-9,14,17-18,20H,6-7,10-13,15-16H2,1-5H3,(H,24,26). The molecule has 1 heterocycles. The number of carbonyl (C=O) groups is 1. The topological polar surface area (TPSA) is 60.0 Å². The average Bonchev–Trinajstić information content (AvgIpc) is 2.75. The van der Waals surface area contributed by atoms with Crippen molar-refractivity contribution in [2.24, 2.45) is 11.8 Å². The lowest BCUT2D eigenvalue weighted by atomic mass is 9.92. The van der Waals surface area contributed by atoms with Crippen molar-refractivity contribution < 1.29 is 19.0 Å². The highest BCUT2D eigenvalue weighted by atomic mass is 16.5. The normalized spacial score (nSPS) is 16.1. The summed E-state index contributed by atoms with van der Waals surface area (Å²) in [5.74, 6) is 2.14. The van der Waals surface area contributed by atoms with Crippen molar-refractivity contribution in [2.75, 3.05) is 46.6 Å². The van der Waals surface area contributed by atoms with E-state index in [0.717, 1.165) is 39.1 Å². The molecule has 0 saturated carbocycles. The SMILES string of the molecule is CCC(CC)C(CNC(=O)c1ccc(OCC(C)C)c(OC)c1)N1CCOCC1. The minimum atomic E-state index is -0.0806. The Balaban J connectivity index is 2.04. The van der Waals surface area contributed by atoms with Crippen LogP contribution in [-0.4, -0.2) is 63.4 Å². The zero-order valence-electron chi connectivity index (χ0n) is 18.7. The molecule has 1 aliphatic heterocycles. The predicted octanol–water partition coefficient (Wildman–Crippen LogP) is 3.60. The number of morpholine rings is 1. The fraction of sp³-hybridized carbons (Fsp3) is 0.696. The Morgan fingerprint density at radius 1 is 1.17 bits per heavy atom. The molecule has 1 saturated heterocycles. The fourth-order valence-corrected chi connectivity index (χ4v) is 3.82. The van der Waals surface area contributed by atoms with Gasteiger partial charge in [-0.15, -0.1) is 0 Å². The minimum absolute atomic E-state index is 0.0806. The van der Waals surface area contributed by atoms with Crippen LogP contribution in [0.4, 0.5) is 0 Å². The molecule has 1 aromatic carbocycles. The lowest BCUT2D eigenvalue weighted by Gasteiger charge is -2.38. The third kappa shape index (κ3) is 6.89. The van der Waals surface area contributed by atoms with E-state index in [4.69, 9.17) is 14.2 Å². The van der Waals surface area contributed by atoms with Crippen molar-refractivity contribution in [3.63, 3.8) is 0 Å². The van der Waals surface area contributed by atoms with Crippen molar-refractivity contribution in [3.8, 4) is 11.5 Å². The van der Waals surface area contributed by atoms with Gasteiger partial charge in [0.1, 0.15) is 0 Å². The number of nitrogens with zero attached hydrogens (tertiary/aromatic N) is 1. The molecule has 1 aliphatic rings. The highest BCUT2D eigenvalue weighted by Crippen LogP contribution is 2.28. The molecular formula is C23H38N2O4. The van der Waals surface area contributed by atoms with E-state index < -0.39 is 0 Å². The third-order valence-corrected chi connectivity index (χ3v) is 5.58. The summed E-state index contributed by atoms with van der Waals surface area (Å²) in [4.78, 5) is 15.3. The van der Waals surface area contributed by atoms with E-state index in [1.165, 1.54) is 0 Å². The quantitative estimate of drug-likeness (QED) is 0.608. The number of carbonyl (C=O) groups excluding carboxylic acids is 1. The van der Waals surface area contributed by atoms with Crippen molar-refractivity contribution in [1.82, 2.24) is 10.2 Å². The molecule has 29 heavy (non-hydrogen) atoms. The number of amides is 1. The van der Waals surface area contributed by atoms with Gasteiger partial charge in [-0.1, -0.05) is 40.5 Å². The number of hydrogen-bond acceptors (Lipinski definition) is 5. The summed E-state index contributed by atoms with van der Waals surface area (Å²) in [6.07, 6.45) is 2.20. The Bertz CT molecular complexity index is 625. The van der Waals surface area contributed by atoms with E-state index in [1.54, 1.807) is 19.2 Å². The smallest absolute Gasteiger partial charge is 0.251 e. The Hall–Kier alpha value is -1.79. The number of ether oxygens (including phenoxy) is 3. The Morgan fingerprint density at radius 3 is 2.45 bits per heavy atom. The average molecular weight is 407 g/mol. The van der Waals surface area contributed by atoms with Crippen molar-refractivity contribution in [1.29, 1.82) is 0 Å². The van der Waals surface area contributed by atoms with Gasteiger partial charge in [-0.25, -0.2) is 0 Å². The molecule has 1 unspecified atom stereocenters. The van der Waals surface area contributed by atoms with Crippen LogP contribution in [0.5, 0.6) is 11.5 Å². The van der Waals surface area contributed by atoms with E-state index in [0.29, 0.717) is 48.1 Å². The number of rotatable bonds is 11. The van der Waals surface area contributed by atoms with Crippen LogP contribution >= 0.6 is 0 Å². The molecule has 1 N–H and O–H groups in total. The highest BCUT2D eigenvalue weighted by molar-refractivity contribution is 5.94. The molecule has 1 fully saturated rings. The maximum absolute atomic E-state index is 12.8. The van der Waals surface area contributed by atoms with Crippen molar-refractivity contribution >= 4 is 5.91 Å². The van der Waals surface area contributed by atoms with Gasteiger partial charge in [-0.3, -0.25) is 9.69 Å². The first kappa shape index (κ1) is 23.5. The molecule has 6 nitrogen and oxygen atoms in total. The van der Waals surface area contributed by atoms with E-state index in [1.807, 2.05) is 6.07 Å². The first-order valence-electron chi connectivity index (χ1n) is 10.9. The molecule has 0 radical (unpaired) electrons. The molecule has 1 amide bonds.